The van der Waals surface area contributed by atoms with Crippen LogP contribution in [0.25, 0.3) is 0 Å². The van der Waals surface area contributed by atoms with Crippen LogP contribution in [-0.4, -0.2) is 72.1 Å². The monoisotopic (exact) mass is 544 g/mol. The number of anilines is 1. The molecule has 1 fully saturated rings. The van der Waals surface area contributed by atoms with Gasteiger partial charge in [-0.1, -0.05) is 72.3 Å². The van der Waals surface area contributed by atoms with Crippen molar-refractivity contribution >= 4 is 35.1 Å². The van der Waals surface area contributed by atoms with Gasteiger partial charge in [-0.05, 0) is 29.3 Å². The maximum atomic E-state index is 12.7. The zero-order valence-corrected chi connectivity index (χ0v) is 23.9. The Morgan fingerprint density at radius 1 is 0.868 bits per heavy atom. The van der Waals surface area contributed by atoms with E-state index >= 15 is 0 Å². The number of rotatable bonds is 9. The molecule has 0 radical (unpaired) electrons. The molecule has 2 N–H and O–H groups in total. The van der Waals surface area contributed by atoms with Crippen molar-refractivity contribution in [2.45, 2.75) is 6.04 Å². The number of carboxylic acid groups (broad SMARTS) is 1. The van der Waals surface area contributed by atoms with Gasteiger partial charge in [0.15, 0.2) is 0 Å². The normalized spacial score (nSPS) is 13.6. The number of carbonyl (C=O) groups excluding carboxylic acids is 2. The van der Waals surface area contributed by atoms with Crippen LogP contribution in [-0.2, 0) is 14.3 Å². The largest absolute Gasteiger partial charge is 1.00 e. The summed E-state index contributed by atoms with van der Waals surface area (Å²) in [5.41, 5.74) is 2.39. The summed E-state index contributed by atoms with van der Waals surface area (Å²) in [7, 11) is 0. The first-order valence-corrected chi connectivity index (χ1v) is 12.3. The molecule has 192 valence electrons. The number of hydrogen-bond acceptors (Lipinski definition) is 5. The van der Waals surface area contributed by atoms with E-state index in [9.17, 15) is 19.5 Å². The fourth-order valence-electron chi connectivity index (χ4n) is 4.43. The van der Waals surface area contributed by atoms with Crippen molar-refractivity contribution in [1.82, 2.24) is 9.80 Å². The number of carbonyl (C=O) groups is 3. The van der Waals surface area contributed by atoms with Gasteiger partial charge in [0.05, 0.1) is 17.3 Å². The third-order valence-corrected chi connectivity index (χ3v) is 6.44. The number of nitrogens with one attached hydrogen (secondary N) is 1. The average Bonchev–Trinajstić information content (AvgIpc) is 2.91. The van der Waals surface area contributed by atoms with Gasteiger partial charge in [-0.3, -0.25) is 14.5 Å². The first-order chi connectivity index (χ1) is 17.9. The summed E-state index contributed by atoms with van der Waals surface area (Å²) in [6, 6.07) is 24.9. The van der Waals surface area contributed by atoms with Gasteiger partial charge in [0.1, 0.15) is 13.2 Å². The SMILES string of the molecule is O=C(COCC(=O)N1CCN(C(c2ccccc2)c2ccccc2)CC1)Nc1ccc(Cl)cc1C(=O)O.[Na+]. The number of amides is 2. The molecule has 0 spiro atoms. The summed E-state index contributed by atoms with van der Waals surface area (Å²) in [6.45, 7) is 1.90. The van der Waals surface area contributed by atoms with Crippen molar-refractivity contribution in [3.05, 3.63) is 101 Å². The Kier molecular flexibility index (Phi) is 11.3. The summed E-state index contributed by atoms with van der Waals surface area (Å²) >= 11 is 5.83. The number of ether oxygens (including phenoxy) is 1. The van der Waals surface area contributed by atoms with Crippen LogP contribution >= 0.6 is 11.6 Å². The van der Waals surface area contributed by atoms with Gasteiger partial charge in [-0.25, -0.2) is 4.79 Å². The minimum absolute atomic E-state index is 0. The van der Waals surface area contributed by atoms with Gasteiger partial charge in [-0.15, -0.1) is 0 Å². The molecule has 2 amide bonds. The number of hydrogen-bond donors (Lipinski definition) is 2. The molecule has 0 saturated carbocycles. The first kappa shape index (κ1) is 29.8. The number of piperazine rings is 1. The fourth-order valence-corrected chi connectivity index (χ4v) is 4.60. The molecule has 0 aromatic heterocycles. The minimum atomic E-state index is -1.21. The van der Waals surface area contributed by atoms with E-state index in [1.54, 1.807) is 4.90 Å². The van der Waals surface area contributed by atoms with Crippen LogP contribution in [0.4, 0.5) is 5.69 Å². The van der Waals surface area contributed by atoms with E-state index in [0.29, 0.717) is 26.2 Å². The molecule has 1 aliphatic heterocycles. The van der Waals surface area contributed by atoms with E-state index in [-0.39, 0.29) is 71.0 Å². The third kappa shape index (κ3) is 7.89. The Hall–Kier alpha value is -2.72. The van der Waals surface area contributed by atoms with Crippen LogP contribution in [0.2, 0.25) is 5.02 Å². The molecule has 8 nitrogen and oxygen atoms in total. The van der Waals surface area contributed by atoms with Gasteiger partial charge in [0, 0.05) is 31.2 Å². The van der Waals surface area contributed by atoms with E-state index in [4.69, 9.17) is 16.3 Å². The second kappa shape index (κ2) is 14.4. The van der Waals surface area contributed by atoms with Crippen LogP contribution in [0.5, 0.6) is 0 Å². The number of carboxylic acids is 1. The third-order valence-electron chi connectivity index (χ3n) is 6.21. The van der Waals surface area contributed by atoms with Crippen molar-refractivity contribution in [3.8, 4) is 0 Å². The number of halogens is 1. The second-order valence-corrected chi connectivity index (χ2v) is 9.11. The molecule has 1 heterocycles. The zero-order valence-electron chi connectivity index (χ0n) is 21.2. The molecule has 4 rings (SSSR count). The molecule has 0 aliphatic carbocycles. The number of aromatic carboxylic acids is 1. The van der Waals surface area contributed by atoms with E-state index in [2.05, 4.69) is 34.5 Å². The molecule has 0 bridgehead atoms. The van der Waals surface area contributed by atoms with Crippen LogP contribution < -0.4 is 34.9 Å². The first-order valence-electron chi connectivity index (χ1n) is 11.9. The smallest absolute Gasteiger partial charge is 0.478 e. The maximum absolute atomic E-state index is 12.7. The van der Waals surface area contributed by atoms with Crippen LogP contribution in [0, 0.1) is 0 Å². The summed E-state index contributed by atoms with van der Waals surface area (Å²) < 4.78 is 5.33. The van der Waals surface area contributed by atoms with Crippen molar-refractivity contribution < 1.29 is 53.8 Å². The van der Waals surface area contributed by atoms with E-state index < -0.39 is 11.9 Å². The van der Waals surface area contributed by atoms with Crippen molar-refractivity contribution in [2.24, 2.45) is 0 Å². The van der Waals surface area contributed by atoms with E-state index in [1.165, 1.54) is 29.3 Å². The molecular weight excluding hydrogens is 517 g/mol. The molecular formula is C28H28ClN3NaO5+. The predicted octanol–water partition coefficient (Wildman–Crippen LogP) is 0.931. The van der Waals surface area contributed by atoms with Gasteiger partial charge in [0.25, 0.3) is 0 Å². The Morgan fingerprint density at radius 3 is 2.00 bits per heavy atom. The Labute approximate surface area is 248 Å². The molecule has 38 heavy (non-hydrogen) atoms. The summed E-state index contributed by atoms with van der Waals surface area (Å²) in [4.78, 5) is 40.4. The zero-order chi connectivity index (χ0) is 26.2. The number of nitrogens with zero attached hydrogens (tertiary/aromatic N) is 2. The fraction of sp³-hybridized carbons (Fsp3) is 0.250. The molecule has 3 aromatic carbocycles. The minimum Gasteiger partial charge on any atom is -0.478 e. The van der Waals surface area contributed by atoms with Gasteiger partial charge < -0.3 is 20.1 Å². The summed E-state index contributed by atoms with van der Waals surface area (Å²) in [5.74, 6) is -1.97. The van der Waals surface area contributed by atoms with Gasteiger partial charge in [0.2, 0.25) is 11.8 Å². The Balaban J connectivity index is 0.00000400. The van der Waals surface area contributed by atoms with Crippen molar-refractivity contribution in [3.63, 3.8) is 0 Å². The standard InChI is InChI=1S/C28H28ClN3O5.Na/c29-22-11-12-24(23(17-22)28(35)36)30-25(33)18-37-19-26(34)31-13-15-32(16-14-31)27(20-7-3-1-4-8-20)21-9-5-2-6-10-21;/h1-12,17,27H,13-16,18-19H2,(H,30,33)(H,35,36);/q;+1. The van der Waals surface area contributed by atoms with E-state index in [0.717, 1.165) is 0 Å². The summed E-state index contributed by atoms with van der Waals surface area (Å²) in [6.07, 6.45) is 0. The molecule has 1 aliphatic rings. The van der Waals surface area contributed by atoms with Gasteiger partial charge >= 0.3 is 35.5 Å². The topological polar surface area (TPSA) is 99.2 Å². The molecule has 0 unspecified atom stereocenters. The molecule has 10 heteroatoms. The van der Waals surface area contributed by atoms with Crippen LogP contribution in [0.1, 0.15) is 27.5 Å². The Morgan fingerprint density at radius 2 is 1.45 bits per heavy atom. The van der Waals surface area contributed by atoms with Crippen LogP contribution in [0.15, 0.2) is 78.9 Å². The second-order valence-electron chi connectivity index (χ2n) is 8.68. The Bertz CT molecular complexity index is 1200. The quantitative estimate of drug-likeness (QED) is 0.389. The molecule has 1 saturated heterocycles. The van der Waals surface area contributed by atoms with Crippen molar-refractivity contribution in [2.75, 3.05) is 44.7 Å². The predicted molar refractivity (Wildman–Crippen MR) is 141 cm³/mol. The van der Waals surface area contributed by atoms with Gasteiger partial charge in [-0.2, -0.15) is 0 Å². The van der Waals surface area contributed by atoms with Crippen LogP contribution in [0.3, 0.4) is 0 Å². The molecule has 0 atom stereocenters. The maximum Gasteiger partial charge on any atom is 1.00 e. The number of benzene rings is 3. The summed E-state index contributed by atoms with van der Waals surface area (Å²) in [5, 5.41) is 12.0. The van der Waals surface area contributed by atoms with Crippen molar-refractivity contribution in [1.29, 1.82) is 0 Å². The molecule has 3 aromatic rings. The average molecular weight is 545 g/mol. The van der Waals surface area contributed by atoms with E-state index in [1.807, 2.05) is 36.4 Å².